The van der Waals surface area contributed by atoms with Crippen molar-refractivity contribution < 1.29 is 29.3 Å². The Kier molecular flexibility index (Phi) is 9.32. The van der Waals surface area contributed by atoms with Crippen molar-refractivity contribution in [1.82, 2.24) is 19.9 Å². The Balaban J connectivity index is 1.90. The molecule has 0 saturated carbocycles. The van der Waals surface area contributed by atoms with Gasteiger partial charge in [-0.25, -0.2) is 0 Å². The van der Waals surface area contributed by atoms with Gasteiger partial charge in [0.2, 0.25) is 0 Å². The molecule has 0 saturated heterocycles. The monoisotopic (exact) mass is 628 g/mol. The molecule has 0 aliphatic carbocycles. The van der Waals surface area contributed by atoms with Crippen LogP contribution in [-0.2, 0) is 31.9 Å². The van der Waals surface area contributed by atoms with E-state index in [9.17, 15) is 19.8 Å². The smallest absolute Gasteiger partial charge is 0.305 e. The molecule has 1 aliphatic rings. The number of aliphatic hydroxyl groups is 2. The number of ether oxygens (including phenoxy) is 2. The first-order chi connectivity index (χ1) is 21.8. The van der Waals surface area contributed by atoms with Gasteiger partial charge in [0.05, 0.1) is 26.4 Å². The second-order valence-corrected chi connectivity index (χ2v) is 12.2. The first kappa shape index (κ1) is 32.8. The molecule has 2 unspecified atom stereocenters. The molecule has 1 aliphatic heterocycles. The average molecular weight is 629 g/mol. The highest BCUT2D eigenvalue weighted by Crippen LogP contribution is 2.27. The molecule has 10 heteroatoms. The highest BCUT2D eigenvalue weighted by Gasteiger charge is 2.20. The Labute approximate surface area is 267 Å². The summed E-state index contributed by atoms with van der Waals surface area (Å²) in [4.78, 5) is 38.6. The van der Waals surface area contributed by atoms with Gasteiger partial charge in [-0.1, -0.05) is 0 Å². The van der Waals surface area contributed by atoms with E-state index in [4.69, 9.17) is 9.47 Å². The molecule has 46 heavy (non-hydrogen) atoms. The maximum atomic E-state index is 12.2. The predicted octanol–water partition coefficient (Wildman–Crippen LogP) is 2.18. The van der Waals surface area contributed by atoms with E-state index in [1.165, 1.54) is 14.2 Å². The fraction of sp³-hybridized carbons (Fsp3) is 0.389. The summed E-state index contributed by atoms with van der Waals surface area (Å²) in [6.45, 7) is 11.5. The standard InChI is InChI=1S/C36H44N4O6/c1-17-23(9-11-33(43)45-7)29-16-30-24(10-12-34(44)46-8)18(2)26(38-30)14-31-36(22(6)42)20(4)28(40-31)15-32-35(21(5)41)19(3)27(39-32)13-25(17)37-29/h13-16,21-22,37-42H,9-12H2,1-8H3. The number of nitrogens with one attached hydrogen (secondary N) is 4. The normalized spacial score (nSPS) is 13.6. The van der Waals surface area contributed by atoms with Gasteiger partial charge in [-0.05, 0) is 112 Å². The van der Waals surface area contributed by atoms with Gasteiger partial charge >= 0.3 is 11.9 Å². The number of aromatic nitrogens is 4. The molecule has 244 valence electrons. The van der Waals surface area contributed by atoms with Crippen LogP contribution in [0.5, 0.6) is 0 Å². The number of aliphatic hydroxyl groups excluding tert-OH is 2. The molecule has 5 rings (SSSR count). The molecule has 4 aromatic heterocycles. The van der Waals surface area contributed by atoms with Crippen molar-refractivity contribution in [2.45, 2.75) is 79.4 Å². The van der Waals surface area contributed by atoms with Crippen LogP contribution >= 0.6 is 0 Å². The van der Waals surface area contributed by atoms with Crippen molar-refractivity contribution in [3.8, 4) is 0 Å². The van der Waals surface area contributed by atoms with Crippen LogP contribution in [0.15, 0.2) is 0 Å². The summed E-state index contributed by atoms with van der Waals surface area (Å²) in [5, 5.41) is 25.0. The van der Waals surface area contributed by atoms with Crippen LogP contribution in [0.2, 0.25) is 0 Å². The number of hydrogen-bond acceptors (Lipinski definition) is 6. The van der Waals surface area contributed by atoms with Crippen LogP contribution < -0.4 is 21.4 Å². The lowest BCUT2D eigenvalue weighted by molar-refractivity contribution is -0.141. The lowest BCUT2D eigenvalue weighted by Gasteiger charge is -2.06. The fourth-order valence-corrected chi connectivity index (χ4v) is 6.67. The fourth-order valence-electron chi connectivity index (χ4n) is 6.67. The maximum Gasteiger partial charge on any atom is 0.305 e. The summed E-state index contributed by atoms with van der Waals surface area (Å²) in [7, 11) is 2.77. The van der Waals surface area contributed by atoms with Crippen molar-refractivity contribution in [3.05, 3.63) is 88.7 Å². The molecule has 0 aromatic carbocycles. The Morgan fingerprint density at radius 3 is 1.67 bits per heavy atom. The highest BCUT2D eigenvalue weighted by molar-refractivity contribution is 5.71. The second-order valence-electron chi connectivity index (χ2n) is 12.2. The summed E-state index contributed by atoms with van der Waals surface area (Å²) in [6.07, 6.45) is 7.93. The number of aromatic amines is 4. The zero-order valence-corrected chi connectivity index (χ0v) is 27.8. The van der Waals surface area contributed by atoms with Crippen LogP contribution in [-0.4, -0.2) is 56.3 Å². The van der Waals surface area contributed by atoms with E-state index in [-0.39, 0.29) is 24.8 Å². The number of esters is 2. The topological polar surface area (TPSA) is 156 Å². The van der Waals surface area contributed by atoms with Crippen LogP contribution in [0.1, 0.15) is 106 Å². The minimum atomic E-state index is -0.741. The molecular formula is C36H44N4O6. The van der Waals surface area contributed by atoms with E-state index in [0.717, 1.165) is 88.7 Å². The van der Waals surface area contributed by atoms with Gasteiger partial charge in [-0.2, -0.15) is 0 Å². The zero-order chi connectivity index (χ0) is 33.4. The highest BCUT2D eigenvalue weighted by atomic mass is 16.5. The van der Waals surface area contributed by atoms with Crippen molar-refractivity contribution in [2.24, 2.45) is 0 Å². The second kappa shape index (κ2) is 13.1. The van der Waals surface area contributed by atoms with Gasteiger partial charge in [0.15, 0.2) is 0 Å². The maximum absolute atomic E-state index is 12.2. The van der Waals surface area contributed by atoms with E-state index in [2.05, 4.69) is 19.9 Å². The van der Waals surface area contributed by atoms with Gasteiger partial charge in [0.1, 0.15) is 0 Å². The van der Waals surface area contributed by atoms with Crippen LogP contribution in [0.25, 0.3) is 24.3 Å². The number of H-pyrrole nitrogens is 4. The van der Waals surface area contributed by atoms with Gasteiger partial charge < -0.3 is 39.6 Å². The number of carbonyl (C=O) groups is 2. The molecule has 5 heterocycles. The van der Waals surface area contributed by atoms with Crippen molar-refractivity contribution in [2.75, 3.05) is 14.2 Å². The van der Waals surface area contributed by atoms with Crippen molar-refractivity contribution in [1.29, 1.82) is 0 Å². The van der Waals surface area contributed by atoms with E-state index in [1.54, 1.807) is 13.8 Å². The number of rotatable bonds is 8. The Morgan fingerprint density at radius 1 is 0.587 bits per heavy atom. The molecule has 8 bridgehead atoms. The van der Waals surface area contributed by atoms with Crippen molar-refractivity contribution >= 4 is 36.2 Å². The molecule has 0 amide bonds. The first-order valence-electron chi connectivity index (χ1n) is 15.6. The average Bonchev–Trinajstić information content (AvgIpc) is 3.67. The number of hydrogen-bond donors (Lipinski definition) is 6. The summed E-state index contributed by atoms with van der Waals surface area (Å²) in [5.41, 5.74) is 10.6. The number of carbonyl (C=O) groups excluding carboxylic acids is 2. The number of fused-ring (bicyclic) bond motifs is 8. The van der Waals surface area contributed by atoms with Crippen LogP contribution in [0, 0.1) is 27.7 Å². The van der Waals surface area contributed by atoms with E-state index in [0.29, 0.717) is 12.8 Å². The van der Waals surface area contributed by atoms with E-state index in [1.807, 2.05) is 52.0 Å². The van der Waals surface area contributed by atoms with Gasteiger partial charge in [-0.15, -0.1) is 0 Å². The van der Waals surface area contributed by atoms with E-state index >= 15 is 0 Å². The summed E-state index contributed by atoms with van der Waals surface area (Å²) in [6, 6.07) is 0. The van der Waals surface area contributed by atoms with E-state index < -0.39 is 12.2 Å². The molecule has 6 N–H and O–H groups in total. The summed E-state index contributed by atoms with van der Waals surface area (Å²) >= 11 is 0. The largest absolute Gasteiger partial charge is 0.469 e. The molecular weight excluding hydrogens is 584 g/mol. The molecule has 4 aromatic rings. The summed E-state index contributed by atoms with van der Waals surface area (Å²) < 4.78 is 9.89. The number of methoxy groups -OCH3 is 2. The first-order valence-corrected chi connectivity index (χ1v) is 15.6. The minimum Gasteiger partial charge on any atom is -0.469 e. The Morgan fingerprint density at radius 2 is 1.07 bits per heavy atom. The van der Waals surface area contributed by atoms with Gasteiger partial charge in [0.25, 0.3) is 0 Å². The third kappa shape index (κ3) is 6.15. The third-order valence-electron chi connectivity index (χ3n) is 9.24. The quantitative estimate of drug-likeness (QED) is 0.145. The summed E-state index contributed by atoms with van der Waals surface area (Å²) in [5.74, 6) is -0.589. The molecule has 0 fully saturated rings. The van der Waals surface area contributed by atoms with Crippen LogP contribution in [0.4, 0.5) is 0 Å². The minimum absolute atomic E-state index is 0.215. The molecule has 0 radical (unpaired) electrons. The Bertz CT molecular complexity index is 2070. The predicted molar refractivity (Wildman–Crippen MR) is 177 cm³/mol. The SMILES string of the molecule is COC(=O)CCc1c2[nH]c(c1C)C=c1[nH]c(c(C(C)O)c1C)=Cc1[nH]c(c(C(C)O)c1C)C=c1[nH]c(c(CCC(=O)OC)c1C)=C2. The lowest BCUT2D eigenvalue weighted by atomic mass is 10.0. The van der Waals surface area contributed by atoms with Crippen LogP contribution in [0.3, 0.4) is 0 Å². The Hall–Kier alpha value is -4.54. The van der Waals surface area contributed by atoms with Crippen molar-refractivity contribution in [3.63, 3.8) is 0 Å². The molecule has 2 atom stereocenters. The third-order valence-corrected chi connectivity index (χ3v) is 9.24. The lowest BCUT2D eigenvalue weighted by Crippen LogP contribution is -2.14. The van der Waals surface area contributed by atoms with Gasteiger partial charge in [0, 0.05) is 68.1 Å². The molecule has 0 spiro atoms. The van der Waals surface area contributed by atoms with Gasteiger partial charge in [-0.3, -0.25) is 9.59 Å². The zero-order valence-electron chi connectivity index (χ0n) is 27.8. The molecule has 10 nitrogen and oxygen atoms in total.